The number of fused-ring (bicyclic) bond motifs is 1. The molecule has 118 valence electrons. The number of hydrogen-bond donors (Lipinski definition) is 0. The Bertz CT molecular complexity index is 678. The summed E-state index contributed by atoms with van der Waals surface area (Å²) in [6.07, 6.45) is 4.60. The van der Waals surface area contributed by atoms with E-state index in [1.54, 1.807) is 11.8 Å². The highest BCUT2D eigenvalue weighted by molar-refractivity contribution is 7.98. The van der Waals surface area contributed by atoms with Crippen molar-refractivity contribution in [2.24, 2.45) is 0 Å². The van der Waals surface area contributed by atoms with Crippen LogP contribution in [0.5, 0.6) is 0 Å². The molecular weight excluding hydrogens is 302 g/mol. The minimum absolute atomic E-state index is 0.276. The van der Waals surface area contributed by atoms with Crippen molar-refractivity contribution in [3.8, 4) is 0 Å². The number of rotatable bonds is 4. The van der Waals surface area contributed by atoms with Gasteiger partial charge in [0.05, 0.1) is 12.9 Å². The lowest BCUT2D eigenvalue weighted by atomic mass is 10.2. The Morgan fingerprint density at radius 3 is 3.09 bits per heavy atom. The van der Waals surface area contributed by atoms with Crippen molar-refractivity contribution < 1.29 is 13.9 Å². The summed E-state index contributed by atoms with van der Waals surface area (Å²) >= 11 is 1.59. The van der Waals surface area contributed by atoms with Crippen LogP contribution in [0.2, 0.25) is 0 Å². The molecule has 7 heteroatoms. The first-order valence-corrected chi connectivity index (χ1v) is 8.40. The predicted octanol–water partition coefficient (Wildman–Crippen LogP) is 2.98. The number of aromatic nitrogens is 3. The summed E-state index contributed by atoms with van der Waals surface area (Å²) in [6.45, 7) is 2.82. The van der Waals surface area contributed by atoms with E-state index in [4.69, 9.17) is 9.15 Å². The molecule has 3 rings (SSSR count). The molecule has 0 atom stereocenters. The Kier molecular flexibility index (Phi) is 4.52. The number of esters is 1. The fourth-order valence-corrected chi connectivity index (χ4v) is 3.48. The summed E-state index contributed by atoms with van der Waals surface area (Å²) in [7, 11) is 1.35. The van der Waals surface area contributed by atoms with Crippen LogP contribution in [0.15, 0.2) is 15.6 Å². The lowest BCUT2D eigenvalue weighted by molar-refractivity contribution is 0.0562. The second-order valence-corrected chi connectivity index (χ2v) is 6.31. The molecule has 0 aliphatic carbocycles. The number of carbonyl (C=O) groups excluding carboxylic acids is 1. The average molecular weight is 321 g/mol. The topological polar surface area (TPSA) is 70.2 Å². The molecule has 1 aliphatic heterocycles. The molecule has 3 heterocycles. The molecule has 2 aromatic rings. The zero-order valence-electron chi connectivity index (χ0n) is 12.8. The van der Waals surface area contributed by atoms with E-state index < -0.39 is 5.97 Å². The summed E-state index contributed by atoms with van der Waals surface area (Å²) in [5.41, 5.74) is 0.794. The maximum absolute atomic E-state index is 11.6. The zero-order valence-corrected chi connectivity index (χ0v) is 13.6. The Balaban J connectivity index is 1.71. The normalized spacial score (nSPS) is 14.5. The fourth-order valence-electron chi connectivity index (χ4n) is 2.62. The van der Waals surface area contributed by atoms with Crippen LogP contribution >= 0.6 is 11.8 Å². The van der Waals surface area contributed by atoms with Crippen molar-refractivity contribution in [2.45, 2.75) is 50.1 Å². The third-order valence-corrected chi connectivity index (χ3v) is 4.75. The van der Waals surface area contributed by atoms with Crippen LogP contribution < -0.4 is 0 Å². The van der Waals surface area contributed by atoms with Gasteiger partial charge >= 0.3 is 5.97 Å². The highest BCUT2D eigenvalue weighted by Gasteiger charge is 2.18. The van der Waals surface area contributed by atoms with Gasteiger partial charge < -0.3 is 13.7 Å². The van der Waals surface area contributed by atoms with Crippen LogP contribution in [0, 0.1) is 6.92 Å². The Labute approximate surface area is 133 Å². The summed E-state index contributed by atoms with van der Waals surface area (Å²) in [6, 6.07) is 1.87. The first-order chi connectivity index (χ1) is 10.7. The van der Waals surface area contributed by atoms with Gasteiger partial charge in [-0.25, -0.2) is 4.79 Å². The van der Waals surface area contributed by atoms with Crippen LogP contribution in [-0.4, -0.2) is 27.8 Å². The van der Waals surface area contributed by atoms with Crippen molar-refractivity contribution in [1.29, 1.82) is 0 Å². The van der Waals surface area contributed by atoms with Gasteiger partial charge in [0.15, 0.2) is 5.16 Å². The Morgan fingerprint density at radius 1 is 1.41 bits per heavy atom. The molecular formula is C15H19N3O3S. The lowest BCUT2D eigenvalue weighted by Gasteiger charge is -2.05. The summed E-state index contributed by atoms with van der Waals surface area (Å²) in [5, 5.41) is 9.48. The second-order valence-electron chi connectivity index (χ2n) is 5.37. The van der Waals surface area contributed by atoms with Gasteiger partial charge in [-0.15, -0.1) is 10.2 Å². The number of aryl methyl sites for hydroxylation is 2. The molecule has 2 aromatic heterocycles. The number of furan rings is 1. The summed E-state index contributed by atoms with van der Waals surface area (Å²) in [4.78, 5) is 11.6. The van der Waals surface area contributed by atoms with Crippen LogP contribution in [0.3, 0.4) is 0 Å². The maximum Gasteiger partial charge on any atom is 0.374 e. The Hall–Kier alpha value is -1.76. The van der Waals surface area contributed by atoms with E-state index in [-0.39, 0.29) is 5.76 Å². The molecule has 0 radical (unpaired) electrons. The van der Waals surface area contributed by atoms with Gasteiger partial charge in [-0.2, -0.15) is 0 Å². The van der Waals surface area contributed by atoms with E-state index in [1.807, 2.05) is 13.0 Å². The maximum atomic E-state index is 11.6. The van der Waals surface area contributed by atoms with Crippen molar-refractivity contribution in [3.63, 3.8) is 0 Å². The highest BCUT2D eigenvalue weighted by atomic mass is 32.2. The number of carbonyl (C=O) groups is 1. The Morgan fingerprint density at radius 2 is 2.27 bits per heavy atom. The zero-order chi connectivity index (χ0) is 15.5. The number of ether oxygens (including phenoxy) is 1. The SMILES string of the molecule is COC(=O)c1oc(CSc2nnc3n2CCCCC3)cc1C. The van der Waals surface area contributed by atoms with Crippen LogP contribution in [0.1, 0.15) is 47.0 Å². The largest absolute Gasteiger partial charge is 0.463 e. The molecule has 6 nitrogen and oxygen atoms in total. The van der Waals surface area contributed by atoms with Gasteiger partial charge in [0.1, 0.15) is 11.6 Å². The van der Waals surface area contributed by atoms with Crippen molar-refractivity contribution in [3.05, 3.63) is 29.0 Å². The van der Waals surface area contributed by atoms with E-state index in [1.165, 1.54) is 26.4 Å². The summed E-state index contributed by atoms with van der Waals surface area (Å²) < 4.78 is 12.5. The smallest absolute Gasteiger partial charge is 0.374 e. The van der Waals surface area contributed by atoms with Gasteiger partial charge in [-0.3, -0.25) is 0 Å². The molecule has 0 saturated heterocycles. The number of thioether (sulfide) groups is 1. The lowest BCUT2D eigenvalue weighted by Crippen LogP contribution is -2.02. The molecule has 22 heavy (non-hydrogen) atoms. The standard InChI is InChI=1S/C15H19N3O3S/c1-10-8-11(21-13(10)14(19)20-2)9-22-15-17-16-12-6-4-3-5-7-18(12)15/h8H,3-7,9H2,1-2H3. The van der Waals surface area contributed by atoms with Gasteiger partial charge in [-0.1, -0.05) is 18.2 Å². The van der Waals surface area contributed by atoms with E-state index in [9.17, 15) is 4.79 Å². The van der Waals surface area contributed by atoms with Crippen LogP contribution in [-0.2, 0) is 23.5 Å². The second kappa shape index (κ2) is 6.56. The average Bonchev–Trinajstić information content (AvgIpc) is 2.99. The predicted molar refractivity (Wildman–Crippen MR) is 81.9 cm³/mol. The third-order valence-electron chi connectivity index (χ3n) is 3.76. The first-order valence-electron chi connectivity index (χ1n) is 7.41. The first kappa shape index (κ1) is 15.1. The van der Waals surface area contributed by atoms with E-state index >= 15 is 0 Å². The molecule has 0 bridgehead atoms. The van der Waals surface area contributed by atoms with Gasteiger partial charge in [0.25, 0.3) is 0 Å². The highest BCUT2D eigenvalue weighted by Crippen LogP contribution is 2.26. The number of nitrogens with zero attached hydrogens (tertiary/aromatic N) is 3. The third kappa shape index (κ3) is 3.04. The molecule has 1 aliphatic rings. The molecule has 0 spiro atoms. The van der Waals surface area contributed by atoms with Gasteiger partial charge in [0, 0.05) is 18.5 Å². The van der Waals surface area contributed by atoms with E-state index in [0.29, 0.717) is 5.75 Å². The van der Waals surface area contributed by atoms with Gasteiger partial charge in [0.2, 0.25) is 5.76 Å². The van der Waals surface area contributed by atoms with Crippen LogP contribution in [0.4, 0.5) is 0 Å². The van der Waals surface area contributed by atoms with Gasteiger partial charge in [-0.05, 0) is 25.8 Å². The number of hydrogen-bond acceptors (Lipinski definition) is 6. The monoisotopic (exact) mass is 321 g/mol. The molecule has 0 fully saturated rings. The quantitative estimate of drug-likeness (QED) is 0.637. The number of methoxy groups -OCH3 is 1. The summed E-state index contributed by atoms with van der Waals surface area (Å²) in [5.74, 6) is 2.28. The minimum Gasteiger partial charge on any atom is -0.463 e. The molecule has 0 saturated carbocycles. The van der Waals surface area contributed by atoms with Crippen molar-refractivity contribution in [1.82, 2.24) is 14.8 Å². The van der Waals surface area contributed by atoms with E-state index in [2.05, 4.69) is 14.8 Å². The van der Waals surface area contributed by atoms with Crippen molar-refractivity contribution >= 4 is 17.7 Å². The molecule has 0 N–H and O–H groups in total. The fraction of sp³-hybridized carbons (Fsp3) is 0.533. The molecule has 0 aromatic carbocycles. The molecule has 0 unspecified atom stereocenters. The van der Waals surface area contributed by atoms with Crippen LogP contribution in [0.25, 0.3) is 0 Å². The molecule has 0 amide bonds. The van der Waals surface area contributed by atoms with Crippen molar-refractivity contribution in [2.75, 3.05) is 7.11 Å². The minimum atomic E-state index is -0.440. The van der Waals surface area contributed by atoms with E-state index in [0.717, 1.165) is 35.3 Å².